The van der Waals surface area contributed by atoms with Crippen LogP contribution >= 0.6 is 0 Å². The Bertz CT molecular complexity index is 595. The zero-order valence-electron chi connectivity index (χ0n) is 13.3. The van der Waals surface area contributed by atoms with Gasteiger partial charge in [-0.3, -0.25) is 14.5 Å². The highest BCUT2D eigenvalue weighted by Crippen LogP contribution is 2.22. The van der Waals surface area contributed by atoms with Crippen LogP contribution in [0, 0.1) is 5.82 Å². The van der Waals surface area contributed by atoms with Crippen LogP contribution in [-0.2, 0) is 9.59 Å². The summed E-state index contributed by atoms with van der Waals surface area (Å²) in [6, 6.07) is 6.89. The van der Waals surface area contributed by atoms with E-state index in [1.165, 1.54) is 6.07 Å². The average molecular weight is 319 g/mol. The van der Waals surface area contributed by atoms with Crippen molar-refractivity contribution in [2.24, 2.45) is 0 Å². The first-order valence-electron chi connectivity index (χ1n) is 8.14. The van der Waals surface area contributed by atoms with Crippen molar-refractivity contribution in [1.29, 1.82) is 0 Å². The maximum atomic E-state index is 13.3. The molecule has 23 heavy (non-hydrogen) atoms. The number of carbonyl (C=O) groups excluding carboxylic acids is 2. The third-order valence-electron chi connectivity index (χ3n) is 4.59. The van der Waals surface area contributed by atoms with Gasteiger partial charge in [-0.25, -0.2) is 4.39 Å². The second-order valence-electron chi connectivity index (χ2n) is 6.31. The van der Waals surface area contributed by atoms with E-state index < -0.39 is 11.8 Å². The van der Waals surface area contributed by atoms with Gasteiger partial charge in [0.05, 0.1) is 0 Å². The second kappa shape index (κ2) is 6.66. The molecular formula is C17H22FN3O2. The second-order valence-corrected chi connectivity index (χ2v) is 6.31. The fraction of sp³-hybridized carbons (Fsp3) is 0.529. The first kappa shape index (κ1) is 15.9. The SMILES string of the molecule is CC(c1cccc(F)c1)N1CCN(C(=O)C(=O)NC2CC2)CC1. The van der Waals surface area contributed by atoms with Gasteiger partial charge in [0, 0.05) is 38.3 Å². The third kappa shape index (κ3) is 3.88. The van der Waals surface area contributed by atoms with E-state index in [0.717, 1.165) is 18.4 Å². The van der Waals surface area contributed by atoms with E-state index in [2.05, 4.69) is 10.2 Å². The minimum atomic E-state index is -0.487. The number of hydrogen-bond acceptors (Lipinski definition) is 3. The van der Waals surface area contributed by atoms with Gasteiger partial charge >= 0.3 is 11.8 Å². The Morgan fingerprint density at radius 3 is 2.52 bits per heavy atom. The van der Waals surface area contributed by atoms with Gasteiger partial charge in [0.1, 0.15) is 5.82 Å². The number of hydrogen-bond donors (Lipinski definition) is 1. The van der Waals surface area contributed by atoms with Crippen LogP contribution in [0.5, 0.6) is 0 Å². The van der Waals surface area contributed by atoms with Gasteiger partial charge in [0.2, 0.25) is 0 Å². The molecule has 1 N–H and O–H groups in total. The van der Waals surface area contributed by atoms with E-state index in [4.69, 9.17) is 0 Å². The lowest BCUT2D eigenvalue weighted by Gasteiger charge is -2.37. The molecule has 2 aliphatic rings. The Hall–Kier alpha value is -1.95. The summed E-state index contributed by atoms with van der Waals surface area (Å²) in [6.45, 7) is 4.44. The number of halogens is 1. The van der Waals surface area contributed by atoms with Gasteiger partial charge in [-0.05, 0) is 37.5 Å². The zero-order valence-corrected chi connectivity index (χ0v) is 13.3. The zero-order chi connectivity index (χ0) is 16.4. The van der Waals surface area contributed by atoms with Crippen LogP contribution in [0.4, 0.5) is 4.39 Å². The Labute approximate surface area is 135 Å². The van der Waals surface area contributed by atoms with Gasteiger partial charge in [0.15, 0.2) is 0 Å². The first-order valence-corrected chi connectivity index (χ1v) is 8.14. The van der Waals surface area contributed by atoms with Crippen LogP contribution in [0.25, 0.3) is 0 Å². The van der Waals surface area contributed by atoms with Crippen molar-refractivity contribution in [1.82, 2.24) is 15.1 Å². The minimum absolute atomic E-state index is 0.0863. The van der Waals surface area contributed by atoms with Crippen molar-refractivity contribution in [2.75, 3.05) is 26.2 Å². The number of nitrogens with one attached hydrogen (secondary N) is 1. The minimum Gasteiger partial charge on any atom is -0.345 e. The normalized spacial score (nSPS) is 20.2. The number of amides is 2. The Morgan fingerprint density at radius 2 is 1.91 bits per heavy atom. The summed E-state index contributed by atoms with van der Waals surface area (Å²) < 4.78 is 13.3. The maximum absolute atomic E-state index is 13.3. The van der Waals surface area contributed by atoms with E-state index in [1.807, 2.05) is 13.0 Å². The van der Waals surface area contributed by atoms with E-state index in [9.17, 15) is 14.0 Å². The molecule has 1 aromatic carbocycles. The van der Waals surface area contributed by atoms with Crippen molar-refractivity contribution >= 4 is 11.8 Å². The van der Waals surface area contributed by atoms with Gasteiger partial charge < -0.3 is 10.2 Å². The molecule has 1 aliphatic heterocycles. The molecule has 1 aromatic rings. The molecule has 6 heteroatoms. The van der Waals surface area contributed by atoms with Crippen molar-refractivity contribution in [3.05, 3.63) is 35.6 Å². The summed E-state index contributed by atoms with van der Waals surface area (Å²) in [5.74, 6) is -1.16. The van der Waals surface area contributed by atoms with Gasteiger partial charge in [0.25, 0.3) is 0 Å². The molecule has 1 heterocycles. The molecule has 0 radical (unpaired) electrons. The van der Waals surface area contributed by atoms with Crippen molar-refractivity contribution in [3.8, 4) is 0 Å². The summed E-state index contributed by atoms with van der Waals surface area (Å²) in [5, 5.41) is 2.73. The summed E-state index contributed by atoms with van der Waals surface area (Å²) in [7, 11) is 0. The largest absolute Gasteiger partial charge is 0.345 e. The number of rotatable bonds is 3. The number of carbonyl (C=O) groups is 2. The molecule has 1 atom stereocenters. The van der Waals surface area contributed by atoms with Crippen molar-refractivity contribution < 1.29 is 14.0 Å². The van der Waals surface area contributed by atoms with Crippen LogP contribution in [0.15, 0.2) is 24.3 Å². The Morgan fingerprint density at radius 1 is 1.22 bits per heavy atom. The number of benzene rings is 1. The maximum Gasteiger partial charge on any atom is 0.311 e. The summed E-state index contributed by atoms with van der Waals surface area (Å²) in [4.78, 5) is 27.7. The van der Waals surface area contributed by atoms with E-state index >= 15 is 0 Å². The van der Waals surface area contributed by atoms with Crippen molar-refractivity contribution in [2.45, 2.75) is 31.8 Å². The lowest BCUT2D eigenvalue weighted by molar-refractivity contribution is -0.147. The molecule has 1 saturated heterocycles. The first-order chi connectivity index (χ1) is 11.0. The van der Waals surface area contributed by atoms with Gasteiger partial charge in [-0.1, -0.05) is 12.1 Å². The van der Waals surface area contributed by atoms with Gasteiger partial charge in [-0.2, -0.15) is 0 Å². The van der Waals surface area contributed by atoms with Crippen LogP contribution in [0.1, 0.15) is 31.4 Å². The molecule has 0 bridgehead atoms. The number of nitrogens with zero attached hydrogens (tertiary/aromatic N) is 2. The molecule has 1 unspecified atom stereocenters. The molecule has 2 fully saturated rings. The van der Waals surface area contributed by atoms with Crippen LogP contribution in [-0.4, -0.2) is 53.8 Å². The van der Waals surface area contributed by atoms with Crippen LogP contribution < -0.4 is 5.32 Å². The standard InChI is InChI=1S/C17H22FN3O2/c1-12(13-3-2-4-14(18)11-13)20-7-9-21(10-8-20)17(23)16(22)19-15-5-6-15/h2-4,11-12,15H,5-10H2,1H3,(H,19,22). The molecule has 1 saturated carbocycles. The third-order valence-corrected chi connectivity index (χ3v) is 4.59. The lowest BCUT2D eigenvalue weighted by Crippen LogP contribution is -2.53. The topological polar surface area (TPSA) is 52.7 Å². The molecule has 3 rings (SSSR count). The fourth-order valence-electron chi connectivity index (χ4n) is 2.91. The van der Waals surface area contributed by atoms with Crippen LogP contribution in [0.3, 0.4) is 0 Å². The molecule has 1 aliphatic carbocycles. The summed E-state index contributed by atoms with van der Waals surface area (Å²) in [5.41, 5.74) is 0.927. The van der Waals surface area contributed by atoms with E-state index in [1.54, 1.807) is 17.0 Å². The lowest BCUT2D eigenvalue weighted by atomic mass is 10.1. The molecule has 0 aromatic heterocycles. The molecular weight excluding hydrogens is 297 g/mol. The van der Waals surface area contributed by atoms with E-state index in [-0.39, 0.29) is 17.9 Å². The highest BCUT2D eigenvalue weighted by molar-refractivity contribution is 6.35. The fourth-order valence-corrected chi connectivity index (χ4v) is 2.91. The quantitative estimate of drug-likeness (QED) is 0.855. The highest BCUT2D eigenvalue weighted by atomic mass is 19.1. The molecule has 0 spiro atoms. The van der Waals surface area contributed by atoms with Crippen molar-refractivity contribution in [3.63, 3.8) is 0 Å². The molecule has 124 valence electrons. The average Bonchev–Trinajstić information content (AvgIpc) is 3.37. The highest BCUT2D eigenvalue weighted by Gasteiger charge is 2.31. The monoisotopic (exact) mass is 319 g/mol. The van der Waals surface area contributed by atoms with E-state index in [0.29, 0.717) is 26.2 Å². The Kier molecular flexibility index (Phi) is 4.61. The predicted molar refractivity (Wildman–Crippen MR) is 84.1 cm³/mol. The summed E-state index contributed by atoms with van der Waals surface area (Å²) in [6.07, 6.45) is 1.94. The number of piperazine rings is 1. The smallest absolute Gasteiger partial charge is 0.311 e. The Balaban J connectivity index is 1.53. The summed E-state index contributed by atoms with van der Waals surface area (Å²) >= 11 is 0. The molecule has 2 amide bonds. The van der Waals surface area contributed by atoms with Gasteiger partial charge in [-0.15, -0.1) is 0 Å². The predicted octanol–water partition coefficient (Wildman–Crippen LogP) is 1.31. The van der Waals surface area contributed by atoms with Crippen LogP contribution in [0.2, 0.25) is 0 Å². The molecule has 5 nitrogen and oxygen atoms in total.